The zero-order chi connectivity index (χ0) is 17.9. The van der Waals surface area contributed by atoms with Gasteiger partial charge in [-0.15, -0.1) is 0 Å². The Bertz CT molecular complexity index is 750. The summed E-state index contributed by atoms with van der Waals surface area (Å²) in [5.41, 5.74) is 2.99. The highest BCUT2D eigenvalue weighted by Gasteiger charge is 2.24. The zero-order valence-corrected chi connectivity index (χ0v) is 14.4. The van der Waals surface area contributed by atoms with Crippen molar-refractivity contribution in [2.75, 3.05) is 0 Å². The van der Waals surface area contributed by atoms with Gasteiger partial charge in [-0.3, -0.25) is 4.79 Å². The number of carbonyl (C=O) groups excluding carboxylic acids is 1. The number of carboxylic acid groups (broad SMARTS) is 1. The van der Waals surface area contributed by atoms with E-state index in [4.69, 9.17) is 0 Å². The predicted octanol–water partition coefficient (Wildman–Crippen LogP) is 2.72. The third kappa shape index (κ3) is 3.82. The van der Waals surface area contributed by atoms with Gasteiger partial charge in [0.15, 0.2) is 0 Å². The SMILES string of the molecule is Cc1ccccc1-n1ncc(C(=O)N[C@@H](CC(C)C)C(=O)O)c1C. The summed E-state index contributed by atoms with van der Waals surface area (Å²) in [5, 5.41) is 16.2. The molecule has 128 valence electrons. The molecular weight excluding hydrogens is 306 g/mol. The number of carboxylic acids is 1. The Hall–Kier alpha value is -2.63. The number of para-hydroxylation sites is 1. The number of aryl methyl sites for hydroxylation is 1. The van der Waals surface area contributed by atoms with Gasteiger partial charge < -0.3 is 10.4 Å². The molecule has 24 heavy (non-hydrogen) atoms. The molecule has 1 heterocycles. The zero-order valence-electron chi connectivity index (χ0n) is 14.4. The molecule has 1 atom stereocenters. The number of carbonyl (C=O) groups is 2. The van der Waals surface area contributed by atoms with Gasteiger partial charge in [0.25, 0.3) is 5.91 Å². The van der Waals surface area contributed by atoms with Crippen LogP contribution in [0.2, 0.25) is 0 Å². The second-order valence-corrected chi connectivity index (χ2v) is 6.34. The Labute approximate surface area is 141 Å². The molecule has 1 aromatic carbocycles. The second kappa shape index (κ2) is 7.29. The molecule has 0 aliphatic carbocycles. The van der Waals surface area contributed by atoms with Crippen LogP contribution in [0.4, 0.5) is 0 Å². The molecule has 0 spiro atoms. The van der Waals surface area contributed by atoms with E-state index in [2.05, 4.69) is 10.4 Å². The van der Waals surface area contributed by atoms with E-state index in [1.54, 1.807) is 11.6 Å². The van der Waals surface area contributed by atoms with Gasteiger partial charge in [0.2, 0.25) is 0 Å². The van der Waals surface area contributed by atoms with Crippen molar-refractivity contribution in [3.8, 4) is 5.69 Å². The average Bonchev–Trinajstić information content (AvgIpc) is 2.88. The van der Waals surface area contributed by atoms with Crippen LogP contribution in [0.5, 0.6) is 0 Å². The molecule has 2 aromatic rings. The summed E-state index contributed by atoms with van der Waals surface area (Å²) in [4.78, 5) is 23.8. The molecule has 0 fully saturated rings. The predicted molar refractivity (Wildman–Crippen MR) is 91.4 cm³/mol. The van der Waals surface area contributed by atoms with Gasteiger partial charge >= 0.3 is 5.97 Å². The maximum atomic E-state index is 12.5. The van der Waals surface area contributed by atoms with Crippen molar-refractivity contribution in [1.82, 2.24) is 15.1 Å². The van der Waals surface area contributed by atoms with Crippen molar-refractivity contribution in [2.24, 2.45) is 5.92 Å². The van der Waals surface area contributed by atoms with Crippen molar-refractivity contribution >= 4 is 11.9 Å². The van der Waals surface area contributed by atoms with Gasteiger partial charge in [-0.05, 0) is 37.8 Å². The molecule has 0 aliphatic rings. The minimum atomic E-state index is -1.03. The van der Waals surface area contributed by atoms with Crippen LogP contribution in [0.25, 0.3) is 5.69 Å². The highest BCUT2D eigenvalue weighted by molar-refractivity contribution is 5.97. The fourth-order valence-electron chi connectivity index (χ4n) is 2.61. The summed E-state index contributed by atoms with van der Waals surface area (Å²) < 4.78 is 1.70. The minimum Gasteiger partial charge on any atom is -0.480 e. The molecule has 0 unspecified atom stereocenters. The molecule has 0 aliphatic heterocycles. The molecule has 1 amide bonds. The molecule has 2 rings (SSSR count). The van der Waals surface area contributed by atoms with Crippen LogP contribution in [0.15, 0.2) is 30.5 Å². The lowest BCUT2D eigenvalue weighted by Gasteiger charge is -2.16. The van der Waals surface area contributed by atoms with E-state index in [0.717, 1.165) is 11.3 Å². The number of rotatable bonds is 6. The van der Waals surface area contributed by atoms with E-state index in [0.29, 0.717) is 17.7 Å². The Morgan fingerprint density at radius 1 is 1.25 bits per heavy atom. The van der Waals surface area contributed by atoms with Crippen molar-refractivity contribution in [3.63, 3.8) is 0 Å². The quantitative estimate of drug-likeness (QED) is 0.853. The van der Waals surface area contributed by atoms with E-state index in [1.807, 2.05) is 45.0 Å². The summed E-state index contributed by atoms with van der Waals surface area (Å²) in [5.74, 6) is -1.27. The number of hydrogen-bond donors (Lipinski definition) is 2. The lowest BCUT2D eigenvalue weighted by molar-refractivity contribution is -0.139. The van der Waals surface area contributed by atoms with E-state index in [-0.39, 0.29) is 5.92 Å². The number of benzene rings is 1. The normalized spacial score (nSPS) is 12.2. The first-order valence-corrected chi connectivity index (χ1v) is 7.95. The van der Waals surface area contributed by atoms with Crippen LogP contribution in [0.1, 0.15) is 41.9 Å². The maximum absolute atomic E-state index is 12.5. The summed E-state index contributed by atoms with van der Waals surface area (Å²) in [7, 11) is 0. The summed E-state index contributed by atoms with van der Waals surface area (Å²) in [6, 6.07) is 6.84. The first kappa shape index (κ1) is 17.7. The standard InChI is InChI=1S/C18H23N3O3/c1-11(2)9-15(18(23)24)20-17(22)14-10-19-21(13(14)4)16-8-6-5-7-12(16)3/h5-8,10-11,15H,9H2,1-4H3,(H,20,22)(H,23,24)/t15-/m0/s1. The number of nitrogens with one attached hydrogen (secondary N) is 1. The van der Waals surface area contributed by atoms with Crippen LogP contribution in [0, 0.1) is 19.8 Å². The summed E-state index contributed by atoms with van der Waals surface area (Å²) >= 11 is 0. The molecule has 6 heteroatoms. The number of aliphatic carboxylic acids is 1. The Morgan fingerprint density at radius 2 is 1.92 bits per heavy atom. The first-order valence-electron chi connectivity index (χ1n) is 7.95. The maximum Gasteiger partial charge on any atom is 0.326 e. The van der Waals surface area contributed by atoms with Crippen molar-refractivity contribution < 1.29 is 14.7 Å². The summed E-state index contributed by atoms with van der Waals surface area (Å²) in [6.45, 7) is 7.61. The second-order valence-electron chi connectivity index (χ2n) is 6.34. The highest BCUT2D eigenvalue weighted by atomic mass is 16.4. The minimum absolute atomic E-state index is 0.169. The average molecular weight is 329 g/mol. The Balaban J connectivity index is 2.26. The smallest absolute Gasteiger partial charge is 0.326 e. The number of aromatic nitrogens is 2. The van der Waals surface area contributed by atoms with Crippen molar-refractivity contribution in [3.05, 3.63) is 47.3 Å². The van der Waals surface area contributed by atoms with Crippen LogP contribution in [-0.2, 0) is 4.79 Å². The van der Waals surface area contributed by atoms with E-state index < -0.39 is 17.9 Å². The van der Waals surface area contributed by atoms with Crippen LogP contribution in [0.3, 0.4) is 0 Å². The Kier molecular flexibility index (Phi) is 5.39. The highest BCUT2D eigenvalue weighted by Crippen LogP contribution is 2.18. The third-order valence-electron chi connectivity index (χ3n) is 3.91. The molecule has 0 saturated heterocycles. The Morgan fingerprint density at radius 3 is 2.50 bits per heavy atom. The molecular formula is C18H23N3O3. The molecule has 6 nitrogen and oxygen atoms in total. The third-order valence-corrected chi connectivity index (χ3v) is 3.91. The molecule has 1 aromatic heterocycles. The lowest BCUT2D eigenvalue weighted by Crippen LogP contribution is -2.41. The topological polar surface area (TPSA) is 84.2 Å². The number of nitrogens with zero attached hydrogens (tertiary/aromatic N) is 2. The van der Waals surface area contributed by atoms with Crippen LogP contribution < -0.4 is 5.32 Å². The fraction of sp³-hybridized carbons (Fsp3) is 0.389. The van der Waals surface area contributed by atoms with Crippen LogP contribution >= 0.6 is 0 Å². The van der Waals surface area contributed by atoms with E-state index in [9.17, 15) is 14.7 Å². The molecule has 2 N–H and O–H groups in total. The number of amides is 1. The van der Waals surface area contributed by atoms with Crippen LogP contribution in [-0.4, -0.2) is 32.8 Å². The van der Waals surface area contributed by atoms with Gasteiger partial charge in [-0.2, -0.15) is 5.10 Å². The van der Waals surface area contributed by atoms with Gasteiger partial charge in [-0.1, -0.05) is 32.0 Å². The van der Waals surface area contributed by atoms with Gasteiger partial charge in [0, 0.05) is 0 Å². The van der Waals surface area contributed by atoms with E-state index in [1.165, 1.54) is 6.20 Å². The number of hydrogen-bond acceptors (Lipinski definition) is 3. The van der Waals surface area contributed by atoms with E-state index >= 15 is 0 Å². The fourth-order valence-corrected chi connectivity index (χ4v) is 2.61. The molecule has 0 saturated carbocycles. The van der Waals surface area contributed by atoms with Gasteiger partial charge in [-0.25, -0.2) is 9.48 Å². The first-order chi connectivity index (χ1) is 11.3. The summed E-state index contributed by atoms with van der Waals surface area (Å²) in [6.07, 6.45) is 1.86. The van der Waals surface area contributed by atoms with Gasteiger partial charge in [0.1, 0.15) is 6.04 Å². The largest absolute Gasteiger partial charge is 0.480 e. The lowest BCUT2D eigenvalue weighted by atomic mass is 10.0. The van der Waals surface area contributed by atoms with Gasteiger partial charge in [0.05, 0.1) is 23.1 Å². The molecule has 0 radical (unpaired) electrons. The monoisotopic (exact) mass is 329 g/mol. The van der Waals surface area contributed by atoms with Crippen molar-refractivity contribution in [2.45, 2.75) is 40.2 Å². The van der Waals surface area contributed by atoms with Crippen molar-refractivity contribution in [1.29, 1.82) is 0 Å². The molecule has 0 bridgehead atoms.